The number of amides is 1. The van der Waals surface area contributed by atoms with Crippen molar-refractivity contribution in [3.63, 3.8) is 0 Å². The summed E-state index contributed by atoms with van der Waals surface area (Å²) in [6, 6.07) is 5.43. The fraction of sp³-hybridized carbons (Fsp3) is 0.462. The van der Waals surface area contributed by atoms with Gasteiger partial charge in [-0.1, -0.05) is 6.07 Å². The number of fused-ring (bicyclic) bond motifs is 2. The van der Waals surface area contributed by atoms with Gasteiger partial charge in [0.15, 0.2) is 11.6 Å². The summed E-state index contributed by atoms with van der Waals surface area (Å²) in [5.41, 5.74) is 4.53. The Morgan fingerprint density at radius 3 is 2.69 bits per heavy atom. The fourth-order valence-electron chi connectivity index (χ4n) is 5.26. The molecule has 8 nitrogen and oxygen atoms in total. The lowest BCUT2D eigenvalue weighted by Gasteiger charge is -2.40. The first-order valence-corrected chi connectivity index (χ1v) is 12.5. The minimum Gasteiger partial charge on any atom is -0.491 e. The predicted octanol–water partition coefficient (Wildman–Crippen LogP) is 4.22. The average molecular weight is 513 g/mol. The molecule has 36 heavy (non-hydrogen) atoms. The molecular weight excluding hydrogens is 483 g/mol. The number of benzene rings is 1. The summed E-state index contributed by atoms with van der Waals surface area (Å²) in [7, 11) is 4.06. The molecule has 0 N–H and O–H groups in total. The van der Waals surface area contributed by atoms with Crippen LogP contribution in [0.25, 0.3) is 0 Å². The van der Waals surface area contributed by atoms with Crippen molar-refractivity contribution in [2.24, 2.45) is 0 Å². The van der Waals surface area contributed by atoms with Gasteiger partial charge in [-0.25, -0.2) is 4.39 Å². The highest BCUT2D eigenvalue weighted by Gasteiger charge is 2.53. The fourth-order valence-corrected chi connectivity index (χ4v) is 5.40. The van der Waals surface area contributed by atoms with Crippen molar-refractivity contribution in [3.05, 3.63) is 69.8 Å². The maximum Gasteiger partial charge on any atom is 0.254 e. The molecule has 0 saturated heterocycles. The van der Waals surface area contributed by atoms with Gasteiger partial charge in [-0.15, -0.1) is 10.2 Å². The molecule has 1 fully saturated rings. The highest BCUT2D eigenvalue weighted by molar-refractivity contribution is 6.28. The Hall–Kier alpha value is -3.04. The van der Waals surface area contributed by atoms with Crippen molar-refractivity contribution in [2.45, 2.75) is 51.2 Å². The molecule has 10 heteroatoms. The molecule has 5 rings (SSSR count). The number of rotatable bonds is 8. The molecule has 2 aliphatic rings. The smallest absolute Gasteiger partial charge is 0.254 e. The van der Waals surface area contributed by atoms with Crippen LogP contribution in [0.15, 0.2) is 30.7 Å². The van der Waals surface area contributed by atoms with E-state index in [1.807, 2.05) is 32.0 Å². The molecule has 1 amide bonds. The van der Waals surface area contributed by atoms with Crippen LogP contribution in [0.3, 0.4) is 0 Å². The number of ether oxygens (including phenoxy) is 1. The standard InChI is InChI=1S/C26H30ClFN6O2/c1-5-36-22-10-21(29-11-20(22)28)16(2)34-14-26(6-7-26)23-18(13-32(3)4)8-17(9-19(23)24(34)35)12-33-15-30-31-25(33)27/h8-11,15-16H,5-7,12-14H2,1-4H3/t16-/m0/s1. The van der Waals surface area contributed by atoms with E-state index in [1.165, 1.54) is 6.20 Å². The third-order valence-corrected chi connectivity index (χ3v) is 7.37. The van der Waals surface area contributed by atoms with Crippen LogP contribution >= 0.6 is 11.6 Å². The predicted molar refractivity (Wildman–Crippen MR) is 134 cm³/mol. The first kappa shape index (κ1) is 24.6. The first-order valence-electron chi connectivity index (χ1n) is 12.2. The summed E-state index contributed by atoms with van der Waals surface area (Å²) >= 11 is 6.18. The van der Waals surface area contributed by atoms with E-state index >= 15 is 0 Å². The van der Waals surface area contributed by atoms with Crippen LogP contribution in [-0.4, -0.2) is 62.7 Å². The maximum absolute atomic E-state index is 14.2. The average Bonchev–Trinajstić information content (AvgIpc) is 3.49. The van der Waals surface area contributed by atoms with E-state index in [2.05, 4.69) is 26.1 Å². The van der Waals surface area contributed by atoms with E-state index in [0.29, 0.717) is 30.7 Å². The molecule has 1 aromatic carbocycles. The van der Waals surface area contributed by atoms with Crippen molar-refractivity contribution in [1.29, 1.82) is 0 Å². The molecule has 3 aromatic rings. The van der Waals surface area contributed by atoms with Crippen LogP contribution in [0.5, 0.6) is 5.75 Å². The molecule has 1 aliphatic carbocycles. The highest BCUT2D eigenvalue weighted by Crippen LogP contribution is 2.55. The second kappa shape index (κ2) is 9.44. The number of carbonyl (C=O) groups excluding carboxylic acids is 1. The summed E-state index contributed by atoms with van der Waals surface area (Å²) in [5, 5.41) is 8.04. The van der Waals surface area contributed by atoms with Crippen molar-refractivity contribution < 1.29 is 13.9 Å². The third kappa shape index (κ3) is 4.46. The molecule has 3 heterocycles. The lowest BCUT2D eigenvalue weighted by Crippen LogP contribution is -2.45. The van der Waals surface area contributed by atoms with Gasteiger partial charge < -0.3 is 14.5 Å². The Labute approximate surface area is 215 Å². The Morgan fingerprint density at radius 1 is 1.28 bits per heavy atom. The van der Waals surface area contributed by atoms with Crippen LogP contribution in [0.2, 0.25) is 5.28 Å². The summed E-state index contributed by atoms with van der Waals surface area (Å²) in [4.78, 5) is 22.3. The highest BCUT2D eigenvalue weighted by atomic mass is 35.5. The van der Waals surface area contributed by atoms with Crippen LogP contribution in [0, 0.1) is 5.82 Å². The molecule has 0 radical (unpaired) electrons. The zero-order valence-corrected chi connectivity index (χ0v) is 21.7. The van der Waals surface area contributed by atoms with Gasteiger partial charge in [-0.2, -0.15) is 0 Å². The van der Waals surface area contributed by atoms with Crippen LogP contribution in [0.4, 0.5) is 4.39 Å². The number of carbonyl (C=O) groups is 1. The van der Waals surface area contributed by atoms with E-state index in [4.69, 9.17) is 16.3 Å². The van der Waals surface area contributed by atoms with Crippen molar-refractivity contribution in [3.8, 4) is 5.75 Å². The first-order chi connectivity index (χ1) is 17.2. The summed E-state index contributed by atoms with van der Waals surface area (Å²) < 4.78 is 21.3. The Kier molecular flexibility index (Phi) is 6.46. The van der Waals surface area contributed by atoms with Gasteiger partial charge in [0.05, 0.1) is 31.1 Å². The second-order valence-electron chi connectivity index (χ2n) is 10.0. The summed E-state index contributed by atoms with van der Waals surface area (Å²) in [6.45, 7) is 5.90. The molecule has 0 bridgehead atoms. The van der Waals surface area contributed by atoms with Crippen molar-refractivity contribution in [1.82, 2.24) is 29.5 Å². The number of aromatic nitrogens is 4. The van der Waals surface area contributed by atoms with Gasteiger partial charge in [0.25, 0.3) is 5.91 Å². The molecule has 0 unspecified atom stereocenters. The quantitative estimate of drug-likeness (QED) is 0.450. The van der Waals surface area contributed by atoms with E-state index in [9.17, 15) is 9.18 Å². The lowest BCUT2D eigenvalue weighted by atomic mass is 9.81. The van der Waals surface area contributed by atoms with E-state index in [0.717, 1.165) is 41.6 Å². The Bertz CT molecular complexity index is 1310. The van der Waals surface area contributed by atoms with Crippen LogP contribution < -0.4 is 4.74 Å². The minimum absolute atomic E-state index is 0.0455. The summed E-state index contributed by atoms with van der Waals surface area (Å²) in [5.74, 6) is -0.398. The Balaban J connectivity index is 1.56. The largest absolute Gasteiger partial charge is 0.491 e. The van der Waals surface area contributed by atoms with Gasteiger partial charge in [0, 0.05) is 30.1 Å². The molecule has 1 aliphatic heterocycles. The topological polar surface area (TPSA) is 76.4 Å². The molecule has 1 saturated carbocycles. The lowest BCUT2D eigenvalue weighted by molar-refractivity contribution is 0.0633. The zero-order chi connectivity index (χ0) is 25.6. The van der Waals surface area contributed by atoms with Gasteiger partial charge in [0.2, 0.25) is 5.28 Å². The van der Waals surface area contributed by atoms with E-state index in [1.54, 1.807) is 23.9 Å². The van der Waals surface area contributed by atoms with Gasteiger partial charge in [-0.3, -0.25) is 14.3 Å². The van der Waals surface area contributed by atoms with Crippen LogP contribution in [0.1, 0.15) is 65.5 Å². The minimum atomic E-state index is -0.507. The number of nitrogens with zero attached hydrogens (tertiary/aromatic N) is 6. The van der Waals surface area contributed by atoms with Gasteiger partial charge in [0.1, 0.15) is 6.33 Å². The SMILES string of the molecule is CCOc1cc([C@H](C)N2CC3(CC3)c3c(CN(C)C)cc(Cn4cnnc4Cl)cc3C2=O)ncc1F. The van der Waals surface area contributed by atoms with Gasteiger partial charge >= 0.3 is 0 Å². The zero-order valence-electron chi connectivity index (χ0n) is 21.0. The number of hydrogen-bond acceptors (Lipinski definition) is 6. The third-order valence-electron chi connectivity index (χ3n) is 7.07. The van der Waals surface area contributed by atoms with E-state index in [-0.39, 0.29) is 23.1 Å². The van der Waals surface area contributed by atoms with Gasteiger partial charge in [-0.05, 0) is 75.1 Å². The molecule has 2 aromatic heterocycles. The molecule has 1 atom stereocenters. The van der Waals surface area contributed by atoms with E-state index < -0.39 is 5.82 Å². The molecule has 1 spiro atoms. The molecule has 190 valence electrons. The number of halogens is 2. The van der Waals surface area contributed by atoms with Crippen LogP contribution in [-0.2, 0) is 18.5 Å². The van der Waals surface area contributed by atoms with Crippen molar-refractivity contribution >= 4 is 17.5 Å². The number of hydrogen-bond donors (Lipinski definition) is 0. The maximum atomic E-state index is 14.2. The normalized spacial score (nSPS) is 17.0. The monoisotopic (exact) mass is 512 g/mol. The second-order valence-corrected chi connectivity index (χ2v) is 10.3. The van der Waals surface area contributed by atoms with Crippen molar-refractivity contribution in [2.75, 3.05) is 27.2 Å². The number of pyridine rings is 1. The Morgan fingerprint density at radius 2 is 2.06 bits per heavy atom. The summed E-state index contributed by atoms with van der Waals surface area (Å²) in [6.07, 6.45) is 4.80. The molecular formula is C26H30ClFN6O2.